The molecule has 1 aliphatic carbocycles. The molecule has 80 valence electrons. The third-order valence-corrected chi connectivity index (χ3v) is 2.49. The number of carboxylic acid groups (broad SMARTS) is 1. The molecule has 1 saturated carbocycles. The number of hydrogen-bond acceptors (Lipinski definition) is 5. The molecule has 14 heavy (non-hydrogen) atoms. The van der Waals surface area contributed by atoms with Crippen molar-refractivity contribution in [3.63, 3.8) is 0 Å². The molecule has 0 atom stereocenters. The third kappa shape index (κ3) is 2.43. The lowest BCUT2D eigenvalue weighted by atomic mass is 10.00. The van der Waals surface area contributed by atoms with Gasteiger partial charge in [0, 0.05) is 6.54 Å². The van der Waals surface area contributed by atoms with Gasteiger partial charge in [0.1, 0.15) is 0 Å². The number of carbonyl (C=O) groups excluding carboxylic acids is 1. The molecule has 1 aliphatic rings. The number of rotatable bonds is 3. The second-order valence-electron chi connectivity index (χ2n) is 3.49. The molecule has 0 saturated heterocycles. The first kappa shape index (κ1) is 10.9. The highest BCUT2D eigenvalue weighted by Gasteiger charge is 2.34. The standard InChI is InChI=1S/C8H14N2O4/c9-5-8(3-1-2-4-8)10-14-7(13)6(11)12/h10H,1-5,9H2,(H,11,12). The fourth-order valence-electron chi connectivity index (χ4n) is 1.60. The highest BCUT2D eigenvalue weighted by atomic mass is 16.7. The largest absolute Gasteiger partial charge is 0.473 e. The quantitative estimate of drug-likeness (QED) is 0.417. The zero-order valence-corrected chi connectivity index (χ0v) is 7.78. The van der Waals surface area contributed by atoms with Crippen molar-refractivity contribution in [2.45, 2.75) is 31.2 Å². The van der Waals surface area contributed by atoms with Crippen LogP contribution in [0.1, 0.15) is 25.7 Å². The highest BCUT2D eigenvalue weighted by Crippen LogP contribution is 2.28. The summed E-state index contributed by atoms with van der Waals surface area (Å²) in [6.07, 6.45) is 3.62. The van der Waals surface area contributed by atoms with E-state index in [1.165, 1.54) is 0 Å². The van der Waals surface area contributed by atoms with Crippen molar-refractivity contribution < 1.29 is 19.5 Å². The molecule has 1 fully saturated rings. The molecule has 0 aromatic rings. The van der Waals surface area contributed by atoms with Gasteiger partial charge < -0.3 is 15.7 Å². The monoisotopic (exact) mass is 202 g/mol. The Labute approximate surface area is 81.4 Å². The van der Waals surface area contributed by atoms with Crippen LogP contribution < -0.4 is 11.2 Å². The van der Waals surface area contributed by atoms with Crippen molar-refractivity contribution in [2.75, 3.05) is 6.54 Å². The average molecular weight is 202 g/mol. The van der Waals surface area contributed by atoms with E-state index >= 15 is 0 Å². The SMILES string of the molecule is NCC1(NOC(=O)C(=O)O)CCCC1. The van der Waals surface area contributed by atoms with E-state index in [0.29, 0.717) is 6.54 Å². The van der Waals surface area contributed by atoms with Crippen molar-refractivity contribution in [3.8, 4) is 0 Å². The summed E-state index contributed by atoms with van der Waals surface area (Å²) in [7, 11) is 0. The van der Waals surface area contributed by atoms with Crippen LogP contribution >= 0.6 is 0 Å². The van der Waals surface area contributed by atoms with Crippen molar-refractivity contribution in [1.82, 2.24) is 5.48 Å². The van der Waals surface area contributed by atoms with Gasteiger partial charge in [-0.05, 0) is 12.8 Å². The molecule has 0 spiro atoms. The van der Waals surface area contributed by atoms with Crippen LogP contribution in [0.25, 0.3) is 0 Å². The van der Waals surface area contributed by atoms with Gasteiger partial charge in [-0.15, -0.1) is 5.48 Å². The van der Waals surface area contributed by atoms with Gasteiger partial charge in [-0.1, -0.05) is 12.8 Å². The van der Waals surface area contributed by atoms with Gasteiger partial charge in [0.25, 0.3) is 0 Å². The van der Waals surface area contributed by atoms with Gasteiger partial charge in [-0.2, -0.15) is 0 Å². The average Bonchev–Trinajstić information content (AvgIpc) is 2.63. The molecule has 6 heteroatoms. The van der Waals surface area contributed by atoms with Crippen LogP contribution in [0.2, 0.25) is 0 Å². The van der Waals surface area contributed by atoms with Gasteiger partial charge >= 0.3 is 11.9 Å². The zero-order valence-electron chi connectivity index (χ0n) is 7.78. The Balaban J connectivity index is 2.42. The Morgan fingerprint density at radius 2 is 2.00 bits per heavy atom. The number of aliphatic carboxylic acids is 1. The van der Waals surface area contributed by atoms with E-state index in [4.69, 9.17) is 10.8 Å². The van der Waals surface area contributed by atoms with Gasteiger partial charge in [0.05, 0.1) is 5.54 Å². The lowest BCUT2D eigenvalue weighted by Gasteiger charge is -2.26. The van der Waals surface area contributed by atoms with Crippen LogP contribution in [-0.4, -0.2) is 29.1 Å². The van der Waals surface area contributed by atoms with Gasteiger partial charge in [-0.3, -0.25) is 0 Å². The molecule has 0 unspecified atom stereocenters. The minimum absolute atomic E-state index is 0.333. The summed E-state index contributed by atoms with van der Waals surface area (Å²) in [5.41, 5.74) is 7.57. The second-order valence-corrected chi connectivity index (χ2v) is 3.49. The molecule has 0 radical (unpaired) electrons. The van der Waals surface area contributed by atoms with E-state index in [1.807, 2.05) is 0 Å². The van der Waals surface area contributed by atoms with E-state index in [0.717, 1.165) is 25.7 Å². The number of carbonyl (C=O) groups is 2. The molecule has 0 aliphatic heterocycles. The van der Waals surface area contributed by atoms with Crippen LogP contribution in [-0.2, 0) is 14.4 Å². The minimum atomic E-state index is -1.61. The van der Waals surface area contributed by atoms with E-state index in [-0.39, 0.29) is 0 Å². The second kappa shape index (κ2) is 4.39. The van der Waals surface area contributed by atoms with Crippen LogP contribution in [0, 0.1) is 0 Å². The summed E-state index contributed by atoms with van der Waals surface area (Å²) in [6.45, 7) is 0.333. The molecular formula is C8H14N2O4. The number of nitrogens with one attached hydrogen (secondary N) is 1. The summed E-state index contributed by atoms with van der Waals surface area (Å²) >= 11 is 0. The Morgan fingerprint density at radius 1 is 1.43 bits per heavy atom. The third-order valence-electron chi connectivity index (χ3n) is 2.49. The van der Waals surface area contributed by atoms with Crippen LogP contribution in [0.4, 0.5) is 0 Å². The first-order chi connectivity index (χ1) is 6.59. The number of hydrogen-bond donors (Lipinski definition) is 3. The van der Waals surface area contributed by atoms with Gasteiger partial charge in [0.2, 0.25) is 0 Å². The molecule has 6 nitrogen and oxygen atoms in total. The smallest absolute Gasteiger partial charge is 0.435 e. The number of hydroxylamine groups is 1. The molecule has 0 bridgehead atoms. The lowest BCUT2D eigenvalue weighted by molar-refractivity contribution is -0.172. The Bertz CT molecular complexity index is 235. The summed E-state index contributed by atoms with van der Waals surface area (Å²) in [4.78, 5) is 25.2. The summed E-state index contributed by atoms with van der Waals surface area (Å²) in [5.74, 6) is -2.91. The van der Waals surface area contributed by atoms with Gasteiger partial charge in [-0.25, -0.2) is 9.59 Å². The first-order valence-electron chi connectivity index (χ1n) is 4.51. The van der Waals surface area contributed by atoms with Crippen LogP contribution in [0.15, 0.2) is 0 Å². The fraction of sp³-hybridized carbons (Fsp3) is 0.750. The maximum atomic E-state index is 10.6. The lowest BCUT2D eigenvalue weighted by Crippen LogP contribution is -2.50. The molecule has 4 N–H and O–H groups in total. The normalized spacial score (nSPS) is 19.2. The van der Waals surface area contributed by atoms with Crippen molar-refractivity contribution >= 4 is 11.9 Å². The first-order valence-corrected chi connectivity index (χ1v) is 4.51. The molecular weight excluding hydrogens is 188 g/mol. The molecule has 0 heterocycles. The maximum Gasteiger partial charge on any atom is 0.435 e. The number of nitrogens with two attached hydrogens (primary N) is 1. The Kier molecular flexibility index (Phi) is 3.43. The summed E-state index contributed by atoms with van der Waals surface area (Å²) < 4.78 is 0. The van der Waals surface area contributed by atoms with Crippen molar-refractivity contribution in [1.29, 1.82) is 0 Å². The Morgan fingerprint density at radius 3 is 2.43 bits per heavy atom. The molecule has 1 rings (SSSR count). The molecule has 0 aromatic carbocycles. The summed E-state index contributed by atoms with van der Waals surface area (Å²) in [6, 6.07) is 0. The fourth-order valence-corrected chi connectivity index (χ4v) is 1.60. The topological polar surface area (TPSA) is 102 Å². The van der Waals surface area contributed by atoms with E-state index in [2.05, 4.69) is 10.3 Å². The predicted molar refractivity (Wildman–Crippen MR) is 47.1 cm³/mol. The van der Waals surface area contributed by atoms with Gasteiger partial charge in [0.15, 0.2) is 0 Å². The van der Waals surface area contributed by atoms with Crippen LogP contribution in [0.5, 0.6) is 0 Å². The van der Waals surface area contributed by atoms with Crippen molar-refractivity contribution in [2.24, 2.45) is 5.73 Å². The van der Waals surface area contributed by atoms with E-state index in [9.17, 15) is 9.59 Å². The zero-order chi connectivity index (χ0) is 10.6. The summed E-state index contributed by atoms with van der Waals surface area (Å²) in [5, 5.41) is 8.27. The number of carboxylic acids is 1. The molecule has 0 aromatic heterocycles. The predicted octanol–water partition coefficient (Wildman–Crippen LogP) is -0.610. The minimum Gasteiger partial charge on any atom is -0.473 e. The van der Waals surface area contributed by atoms with Crippen molar-refractivity contribution in [3.05, 3.63) is 0 Å². The van der Waals surface area contributed by atoms with E-state index in [1.54, 1.807) is 0 Å². The molecule has 0 amide bonds. The maximum absolute atomic E-state index is 10.6. The highest BCUT2D eigenvalue weighted by molar-refractivity contribution is 6.28. The Hall–Kier alpha value is -1.14. The van der Waals surface area contributed by atoms with E-state index < -0.39 is 17.5 Å². The van der Waals surface area contributed by atoms with Crippen LogP contribution in [0.3, 0.4) is 0 Å².